The molecule has 0 saturated carbocycles. The molecule has 0 radical (unpaired) electrons. The van der Waals surface area contributed by atoms with E-state index in [9.17, 15) is 14.3 Å². The fourth-order valence-electron chi connectivity index (χ4n) is 3.56. The second-order valence-electron chi connectivity index (χ2n) is 7.24. The van der Waals surface area contributed by atoms with Crippen LogP contribution in [0.3, 0.4) is 0 Å². The van der Waals surface area contributed by atoms with Gasteiger partial charge >= 0.3 is 0 Å². The van der Waals surface area contributed by atoms with Crippen molar-refractivity contribution < 1.29 is 23.9 Å². The minimum Gasteiger partial charge on any atom is -0.372 e. The van der Waals surface area contributed by atoms with Gasteiger partial charge in [0.15, 0.2) is 5.84 Å². The summed E-state index contributed by atoms with van der Waals surface area (Å²) >= 11 is 5.81. The number of carbonyl (C=O) groups is 1. The highest BCUT2D eigenvalue weighted by Crippen LogP contribution is 2.29. The predicted octanol–water partition coefficient (Wildman–Crippen LogP) is 1.74. The van der Waals surface area contributed by atoms with Crippen LogP contribution in [0.4, 0.5) is 4.39 Å². The molecule has 31 heavy (non-hydrogen) atoms. The molecule has 0 aromatic heterocycles. The topological polar surface area (TPSA) is 104 Å². The Labute approximate surface area is 183 Å². The van der Waals surface area contributed by atoms with Gasteiger partial charge in [0.05, 0.1) is 17.7 Å². The molecule has 1 fully saturated rings. The Hall–Kier alpha value is -2.56. The van der Waals surface area contributed by atoms with E-state index >= 15 is 0 Å². The average molecular weight is 449 g/mol. The third kappa shape index (κ3) is 5.20. The first-order valence-electron chi connectivity index (χ1n) is 9.84. The number of amides is 1. The molecule has 2 aromatic carbocycles. The maximum absolute atomic E-state index is 14.0. The summed E-state index contributed by atoms with van der Waals surface area (Å²) in [7, 11) is 0. The molecule has 2 aromatic rings. The number of aliphatic imine (C=N–C) groups is 1. The van der Waals surface area contributed by atoms with E-state index in [2.05, 4.69) is 21.1 Å². The average Bonchev–Trinajstić information content (AvgIpc) is 3.07. The number of benzene rings is 2. The third-order valence-electron chi connectivity index (χ3n) is 5.11. The molecule has 2 aliphatic rings. The Morgan fingerprint density at radius 2 is 2.19 bits per heavy atom. The van der Waals surface area contributed by atoms with Gasteiger partial charge in [-0.2, -0.15) is 0 Å². The van der Waals surface area contributed by atoms with Crippen LogP contribution in [0.25, 0.3) is 0 Å². The normalized spacial score (nSPS) is 23.6. The van der Waals surface area contributed by atoms with Gasteiger partial charge in [0.1, 0.15) is 5.82 Å². The molecule has 2 heterocycles. The first-order chi connectivity index (χ1) is 15.0. The van der Waals surface area contributed by atoms with Crippen LogP contribution in [0, 0.1) is 11.7 Å². The lowest BCUT2D eigenvalue weighted by atomic mass is 9.95. The molecule has 10 heteroatoms. The van der Waals surface area contributed by atoms with Gasteiger partial charge < -0.3 is 20.5 Å². The molecule has 0 aliphatic carbocycles. The summed E-state index contributed by atoms with van der Waals surface area (Å²) in [6.45, 7) is 2.07. The van der Waals surface area contributed by atoms with Crippen LogP contribution in [0.5, 0.6) is 0 Å². The van der Waals surface area contributed by atoms with Gasteiger partial charge in [0.25, 0.3) is 12.3 Å². The molecule has 4 N–H and O–H groups in total. The summed E-state index contributed by atoms with van der Waals surface area (Å²) in [4.78, 5) is 21.4. The molecule has 4 rings (SSSR count). The van der Waals surface area contributed by atoms with E-state index in [4.69, 9.17) is 21.2 Å². The lowest BCUT2D eigenvalue weighted by molar-refractivity contribution is -0.102. The summed E-state index contributed by atoms with van der Waals surface area (Å²) in [5.74, 6) is -0.544. The number of ether oxygens (including phenoxy) is 1. The van der Waals surface area contributed by atoms with E-state index in [-0.39, 0.29) is 23.0 Å². The Morgan fingerprint density at radius 1 is 1.32 bits per heavy atom. The highest BCUT2D eigenvalue weighted by molar-refractivity contribution is 6.30. The van der Waals surface area contributed by atoms with Crippen LogP contribution in [-0.2, 0) is 9.57 Å². The molecule has 1 saturated heterocycles. The van der Waals surface area contributed by atoms with Crippen molar-refractivity contribution >= 4 is 23.3 Å². The van der Waals surface area contributed by atoms with Gasteiger partial charge in [0.2, 0.25) is 0 Å². The van der Waals surface area contributed by atoms with E-state index in [0.29, 0.717) is 48.8 Å². The summed E-state index contributed by atoms with van der Waals surface area (Å²) in [6.07, 6.45) is -1.66. The molecule has 0 bridgehead atoms. The molecule has 0 spiro atoms. The number of hydrogen-bond donors (Lipinski definition) is 4. The number of carbonyl (C=O) groups excluding carboxylic acids is 1. The van der Waals surface area contributed by atoms with Crippen molar-refractivity contribution in [1.82, 2.24) is 16.1 Å². The number of aliphatic hydroxyl groups is 1. The van der Waals surface area contributed by atoms with Gasteiger partial charge in [-0.1, -0.05) is 29.8 Å². The van der Waals surface area contributed by atoms with Gasteiger partial charge in [-0.25, -0.2) is 19.7 Å². The number of hydrogen-bond acceptors (Lipinski definition) is 7. The third-order valence-corrected chi connectivity index (χ3v) is 5.41. The second-order valence-corrected chi connectivity index (χ2v) is 7.65. The van der Waals surface area contributed by atoms with Gasteiger partial charge in [-0.05, 0) is 29.8 Å². The number of amidine groups is 1. The van der Waals surface area contributed by atoms with Crippen molar-refractivity contribution in [3.8, 4) is 0 Å². The Morgan fingerprint density at radius 3 is 2.97 bits per heavy atom. The lowest BCUT2D eigenvalue weighted by Crippen LogP contribution is -2.36. The quantitative estimate of drug-likeness (QED) is 0.555. The number of aliphatic hydroxyl groups excluding tert-OH is 1. The van der Waals surface area contributed by atoms with Crippen LogP contribution < -0.4 is 16.1 Å². The summed E-state index contributed by atoms with van der Waals surface area (Å²) in [5.41, 5.74) is 4.23. The molecule has 3 atom stereocenters. The summed E-state index contributed by atoms with van der Waals surface area (Å²) in [6, 6.07) is 11.4. The number of rotatable bonds is 5. The zero-order chi connectivity index (χ0) is 21.8. The van der Waals surface area contributed by atoms with Gasteiger partial charge in [-0.3, -0.25) is 4.79 Å². The van der Waals surface area contributed by atoms with E-state index in [1.807, 2.05) is 0 Å². The fourth-order valence-corrected chi connectivity index (χ4v) is 3.68. The molecule has 8 nitrogen and oxygen atoms in total. The van der Waals surface area contributed by atoms with Crippen LogP contribution >= 0.6 is 11.6 Å². The zero-order valence-electron chi connectivity index (χ0n) is 16.5. The highest BCUT2D eigenvalue weighted by Gasteiger charge is 2.27. The maximum Gasteiger partial charge on any atom is 0.280 e. The van der Waals surface area contributed by atoms with E-state index in [1.165, 1.54) is 12.1 Å². The number of nitrogens with one attached hydrogen (secondary N) is 3. The Kier molecular flexibility index (Phi) is 6.79. The molecule has 164 valence electrons. The lowest BCUT2D eigenvalue weighted by Gasteiger charge is -2.25. The minimum atomic E-state index is -1.27. The standard InChI is InChI=1S/C21H22ClFN4O4/c22-16-5-4-12(9-17(16)23)18-15(10-24-6-7-30-18)11-25-20(28)14-3-1-2-13(8-14)19-26-21(29)31-27-19/h1-5,8-9,15,18,21,24,29H,6-7,10-11H2,(H,25,28)(H,26,27). The molecular formula is C21H22ClFN4O4. The van der Waals surface area contributed by atoms with Crippen LogP contribution in [-0.4, -0.2) is 49.5 Å². The van der Waals surface area contributed by atoms with Gasteiger partial charge in [0, 0.05) is 36.7 Å². The van der Waals surface area contributed by atoms with E-state index in [0.717, 1.165) is 0 Å². The van der Waals surface area contributed by atoms with Crippen molar-refractivity contribution in [3.05, 3.63) is 70.0 Å². The molecular weight excluding hydrogens is 427 g/mol. The zero-order valence-corrected chi connectivity index (χ0v) is 17.2. The van der Waals surface area contributed by atoms with E-state index < -0.39 is 12.2 Å². The highest BCUT2D eigenvalue weighted by atomic mass is 35.5. The molecule has 1 amide bonds. The smallest absolute Gasteiger partial charge is 0.280 e. The SMILES string of the molecule is O=C(NCC1CNCCOC1c1ccc(Cl)c(F)c1)c1cccc(C2=NC(O)ON2)c1. The van der Waals surface area contributed by atoms with Crippen LogP contribution in [0.1, 0.15) is 27.6 Å². The first-order valence-corrected chi connectivity index (χ1v) is 10.2. The Balaban J connectivity index is 1.45. The predicted molar refractivity (Wildman–Crippen MR) is 112 cm³/mol. The van der Waals surface area contributed by atoms with Crippen LogP contribution in [0.15, 0.2) is 47.5 Å². The van der Waals surface area contributed by atoms with Crippen molar-refractivity contribution in [3.63, 3.8) is 0 Å². The molecule has 2 aliphatic heterocycles. The first kappa shape index (κ1) is 21.7. The van der Waals surface area contributed by atoms with E-state index in [1.54, 1.807) is 30.3 Å². The van der Waals surface area contributed by atoms with Crippen molar-refractivity contribution in [2.24, 2.45) is 10.9 Å². The number of hydroxylamine groups is 1. The molecule has 3 unspecified atom stereocenters. The monoisotopic (exact) mass is 448 g/mol. The van der Waals surface area contributed by atoms with Crippen molar-refractivity contribution in [2.45, 2.75) is 12.5 Å². The van der Waals surface area contributed by atoms with Crippen molar-refractivity contribution in [2.75, 3.05) is 26.2 Å². The number of nitrogens with zero attached hydrogens (tertiary/aromatic N) is 1. The largest absolute Gasteiger partial charge is 0.372 e. The van der Waals surface area contributed by atoms with Crippen molar-refractivity contribution in [1.29, 1.82) is 0 Å². The minimum absolute atomic E-state index is 0.0551. The second kappa shape index (κ2) is 9.71. The van der Waals surface area contributed by atoms with Gasteiger partial charge in [-0.15, -0.1) is 0 Å². The maximum atomic E-state index is 14.0. The summed E-state index contributed by atoms with van der Waals surface area (Å²) in [5, 5.41) is 15.6. The summed E-state index contributed by atoms with van der Waals surface area (Å²) < 4.78 is 19.9. The Bertz CT molecular complexity index is 990. The van der Waals surface area contributed by atoms with Crippen LogP contribution in [0.2, 0.25) is 5.02 Å². The fraction of sp³-hybridized carbons (Fsp3) is 0.333. The number of halogens is 2.